The fourth-order valence-corrected chi connectivity index (χ4v) is 2.00. The van der Waals surface area contributed by atoms with Crippen LogP contribution in [0.2, 0.25) is 0 Å². The van der Waals surface area contributed by atoms with Gasteiger partial charge in [-0.05, 0) is 24.5 Å². The van der Waals surface area contributed by atoms with Gasteiger partial charge in [0, 0.05) is 17.5 Å². The molecule has 0 aliphatic heterocycles. The van der Waals surface area contributed by atoms with Gasteiger partial charge in [0.1, 0.15) is 0 Å². The molecule has 1 heterocycles. The molecule has 4 nitrogen and oxygen atoms in total. The maximum absolute atomic E-state index is 8.66. The maximum atomic E-state index is 8.66. The van der Waals surface area contributed by atoms with Crippen LogP contribution in [0.15, 0.2) is 12.1 Å². The van der Waals surface area contributed by atoms with Crippen molar-refractivity contribution in [3.05, 3.63) is 17.0 Å². The highest BCUT2D eigenvalue weighted by molar-refractivity contribution is 7.14. The molecule has 3 N–H and O–H groups in total. The van der Waals surface area contributed by atoms with E-state index in [1.165, 1.54) is 11.3 Å². The van der Waals surface area contributed by atoms with E-state index in [2.05, 4.69) is 33.0 Å². The summed E-state index contributed by atoms with van der Waals surface area (Å²) in [6.07, 6.45) is 0. The Hall–Kier alpha value is -0.555. The van der Waals surface area contributed by atoms with Crippen molar-refractivity contribution in [1.82, 2.24) is 5.32 Å². The van der Waals surface area contributed by atoms with Crippen molar-refractivity contribution in [2.45, 2.75) is 40.3 Å². The van der Waals surface area contributed by atoms with Crippen LogP contribution in [0.4, 0.5) is 0 Å². The molecule has 0 bridgehead atoms. The smallest absolute Gasteiger partial charge is 0.504 e. The molecule has 0 radical (unpaired) electrons. The summed E-state index contributed by atoms with van der Waals surface area (Å²) < 4.78 is 4.77. The first-order valence-electron chi connectivity index (χ1n) is 5.64. The van der Waals surface area contributed by atoms with Gasteiger partial charge in [0.05, 0.1) is 0 Å². The standard InChI is InChI=1S/C11H20BNO3S/c1-8(11(2,3)4)13-7-9-5-6-10(17-9)16-12(14)15/h5-6,8,13-15H,7H2,1-4H3/t8-/m0/s1. The molecule has 17 heavy (non-hydrogen) atoms. The third-order valence-corrected chi connectivity index (χ3v) is 3.72. The molecule has 0 spiro atoms. The number of hydrogen-bond acceptors (Lipinski definition) is 5. The van der Waals surface area contributed by atoms with E-state index in [1.807, 2.05) is 6.07 Å². The molecule has 0 aromatic carbocycles. The number of rotatable bonds is 5. The molecule has 0 unspecified atom stereocenters. The Labute approximate surface area is 107 Å². The third kappa shape index (κ3) is 5.08. The summed E-state index contributed by atoms with van der Waals surface area (Å²) in [6, 6.07) is 4.06. The van der Waals surface area contributed by atoms with Crippen LogP contribution in [-0.4, -0.2) is 23.4 Å². The highest BCUT2D eigenvalue weighted by atomic mass is 32.1. The van der Waals surface area contributed by atoms with Crippen molar-refractivity contribution in [1.29, 1.82) is 0 Å². The fraction of sp³-hybridized carbons (Fsp3) is 0.636. The van der Waals surface area contributed by atoms with E-state index in [1.54, 1.807) is 6.07 Å². The summed E-state index contributed by atoms with van der Waals surface area (Å²) in [5.41, 5.74) is 0.220. The van der Waals surface area contributed by atoms with Gasteiger partial charge in [-0.25, -0.2) is 0 Å². The summed E-state index contributed by atoms with van der Waals surface area (Å²) in [4.78, 5) is 1.11. The van der Waals surface area contributed by atoms with Gasteiger partial charge >= 0.3 is 7.32 Å². The highest BCUT2D eigenvalue weighted by Crippen LogP contribution is 2.25. The second kappa shape index (κ2) is 5.86. The van der Waals surface area contributed by atoms with Crippen LogP contribution in [0.1, 0.15) is 32.6 Å². The molecule has 1 aromatic rings. The van der Waals surface area contributed by atoms with E-state index in [4.69, 9.17) is 14.7 Å². The molecule has 1 aromatic heterocycles. The van der Waals surface area contributed by atoms with Crippen LogP contribution >= 0.6 is 11.3 Å². The van der Waals surface area contributed by atoms with Crippen molar-refractivity contribution < 1.29 is 14.7 Å². The molecule has 0 saturated carbocycles. The first kappa shape index (κ1) is 14.5. The fourth-order valence-electron chi connectivity index (χ4n) is 1.18. The summed E-state index contributed by atoms with van der Waals surface area (Å²) >= 11 is 1.41. The van der Waals surface area contributed by atoms with Crippen LogP contribution in [0.3, 0.4) is 0 Å². The summed E-state index contributed by atoms with van der Waals surface area (Å²) in [6.45, 7) is 9.48. The Morgan fingerprint density at radius 3 is 2.59 bits per heavy atom. The van der Waals surface area contributed by atoms with Crippen LogP contribution < -0.4 is 9.97 Å². The second-order valence-corrected chi connectivity index (χ2v) is 6.26. The Morgan fingerprint density at radius 1 is 1.41 bits per heavy atom. The number of nitrogens with one attached hydrogen (secondary N) is 1. The predicted octanol–water partition coefficient (Wildman–Crippen LogP) is 1.62. The Kier molecular flexibility index (Phi) is 5.00. The molecule has 0 aliphatic carbocycles. The average Bonchev–Trinajstić information content (AvgIpc) is 2.59. The van der Waals surface area contributed by atoms with Crippen molar-refractivity contribution in [2.75, 3.05) is 0 Å². The lowest BCUT2D eigenvalue weighted by Crippen LogP contribution is -2.36. The van der Waals surface area contributed by atoms with Crippen molar-refractivity contribution in [2.24, 2.45) is 5.41 Å². The zero-order valence-corrected chi connectivity index (χ0v) is 11.5. The summed E-state index contributed by atoms with van der Waals surface area (Å²) in [7, 11) is -1.75. The zero-order chi connectivity index (χ0) is 13.1. The minimum Gasteiger partial charge on any atom is -0.504 e. The normalized spacial score (nSPS) is 13.5. The van der Waals surface area contributed by atoms with E-state index in [0.717, 1.165) is 11.4 Å². The maximum Gasteiger partial charge on any atom is 0.708 e. The topological polar surface area (TPSA) is 61.7 Å². The van der Waals surface area contributed by atoms with E-state index in [-0.39, 0.29) is 5.41 Å². The summed E-state index contributed by atoms with van der Waals surface area (Å²) in [5, 5.41) is 21.3. The monoisotopic (exact) mass is 257 g/mol. The molecule has 0 aliphatic rings. The molecule has 1 rings (SSSR count). The minimum absolute atomic E-state index is 0.220. The van der Waals surface area contributed by atoms with Gasteiger partial charge in [-0.15, -0.1) is 11.3 Å². The predicted molar refractivity (Wildman–Crippen MR) is 70.9 cm³/mol. The van der Waals surface area contributed by atoms with Crippen LogP contribution in [0, 0.1) is 5.41 Å². The average molecular weight is 257 g/mol. The van der Waals surface area contributed by atoms with Gasteiger partial charge in [-0.3, -0.25) is 0 Å². The molecule has 0 fully saturated rings. The van der Waals surface area contributed by atoms with Crippen LogP contribution in [-0.2, 0) is 6.54 Å². The second-order valence-electron chi connectivity index (χ2n) is 5.13. The summed E-state index contributed by atoms with van der Waals surface area (Å²) in [5.74, 6) is 0. The SMILES string of the molecule is C[C@H](NCc1ccc(OB(O)O)s1)C(C)(C)C. The van der Waals surface area contributed by atoms with Gasteiger partial charge in [-0.2, -0.15) is 0 Å². The molecule has 0 amide bonds. The Balaban J connectivity index is 2.45. The first-order valence-corrected chi connectivity index (χ1v) is 6.45. The van der Waals surface area contributed by atoms with Gasteiger partial charge in [0.15, 0.2) is 5.06 Å². The van der Waals surface area contributed by atoms with Gasteiger partial charge in [0.25, 0.3) is 0 Å². The third-order valence-electron chi connectivity index (χ3n) is 2.74. The molecular weight excluding hydrogens is 237 g/mol. The first-order chi connectivity index (χ1) is 7.79. The quantitative estimate of drug-likeness (QED) is 0.701. The van der Waals surface area contributed by atoms with Crippen LogP contribution in [0.25, 0.3) is 0 Å². The molecule has 0 saturated heterocycles. The lowest BCUT2D eigenvalue weighted by Gasteiger charge is -2.28. The zero-order valence-electron chi connectivity index (χ0n) is 10.7. The van der Waals surface area contributed by atoms with Crippen molar-refractivity contribution in [3.63, 3.8) is 0 Å². The largest absolute Gasteiger partial charge is 0.708 e. The van der Waals surface area contributed by atoms with Crippen LogP contribution in [0.5, 0.6) is 5.06 Å². The van der Waals surface area contributed by atoms with E-state index in [0.29, 0.717) is 11.1 Å². The molecule has 6 heteroatoms. The van der Waals surface area contributed by atoms with Gasteiger partial charge in [-0.1, -0.05) is 20.8 Å². The number of thiophene rings is 1. The van der Waals surface area contributed by atoms with Gasteiger partial charge < -0.3 is 20.0 Å². The van der Waals surface area contributed by atoms with E-state index < -0.39 is 7.32 Å². The molecule has 96 valence electrons. The molecular formula is C11H20BNO3S. The lowest BCUT2D eigenvalue weighted by molar-refractivity contribution is 0.286. The Bertz CT molecular complexity index is 349. The van der Waals surface area contributed by atoms with Crippen molar-refractivity contribution >= 4 is 18.7 Å². The lowest BCUT2D eigenvalue weighted by atomic mass is 9.88. The van der Waals surface area contributed by atoms with Gasteiger partial charge in [0.2, 0.25) is 0 Å². The van der Waals surface area contributed by atoms with Crippen molar-refractivity contribution in [3.8, 4) is 5.06 Å². The minimum atomic E-state index is -1.75. The molecule has 1 atom stereocenters. The highest BCUT2D eigenvalue weighted by Gasteiger charge is 2.19. The van der Waals surface area contributed by atoms with E-state index >= 15 is 0 Å². The number of hydrogen-bond donors (Lipinski definition) is 3. The van der Waals surface area contributed by atoms with E-state index in [9.17, 15) is 0 Å². The Morgan fingerprint density at radius 2 is 2.06 bits per heavy atom.